The third kappa shape index (κ3) is 3.94. The molecule has 0 saturated carbocycles. The van der Waals surface area contributed by atoms with Crippen LogP contribution in [0.15, 0.2) is 42.9 Å². The SMILES string of the molecule is O=C(c1ccncn1)N1CCC2C(=O)N(Cc3cccc(F)c3)CC(=O)N2CC1. The Labute approximate surface area is 166 Å². The van der Waals surface area contributed by atoms with E-state index in [0.717, 1.165) is 0 Å². The molecule has 2 aromatic rings. The van der Waals surface area contributed by atoms with Crippen LogP contribution in [-0.2, 0) is 16.1 Å². The second kappa shape index (κ2) is 7.94. The van der Waals surface area contributed by atoms with Crippen LogP contribution in [0, 0.1) is 5.82 Å². The van der Waals surface area contributed by atoms with Gasteiger partial charge in [0, 0.05) is 32.4 Å². The number of piperazine rings is 1. The quantitative estimate of drug-likeness (QED) is 0.761. The van der Waals surface area contributed by atoms with Crippen molar-refractivity contribution in [1.82, 2.24) is 24.7 Å². The van der Waals surface area contributed by atoms with Gasteiger partial charge in [-0.15, -0.1) is 0 Å². The van der Waals surface area contributed by atoms with Gasteiger partial charge in [-0.05, 0) is 30.2 Å². The molecule has 8 nitrogen and oxygen atoms in total. The highest BCUT2D eigenvalue weighted by atomic mass is 19.1. The Hall–Kier alpha value is -3.36. The molecule has 2 fully saturated rings. The standard InChI is InChI=1S/C20H20FN5O3/c21-15-3-1-2-14(10-15)11-25-12-18(27)26-9-8-24(7-5-17(26)20(25)29)19(28)16-4-6-22-13-23-16/h1-4,6,10,13,17H,5,7-9,11-12H2. The number of fused-ring (bicyclic) bond motifs is 1. The molecule has 150 valence electrons. The summed E-state index contributed by atoms with van der Waals surface area (Å²) in [7, 11) is 0. The predicted molar refractivity (Wildman–Crippen MR) is 99.9 cm³/mol. The maximum atomic E-state index is 13.5. The van der Waals surface area contributed by atoms with E-state index >= 15 is 0 Å². The van der Waals surface area contributed by atoms with Crippen LogP contribution in [0.25, 0.3) is 0 Å². The molecule has 29 heavy (non-hydrogen) atoms. The van der Waals surface area contributed by atoms with Crippen molar-refractivity contribution in [2.75, 3.05) is 26.2 Å². The van der Waals surface area contributed by atoms with E-state index in [2.05, 4.69) is 9.97 Å². The lowest BCUT2D eigenvalue weighted by Gasteiger charge is -2.39. The minimum absolute atomic E-state index is 0.0499. The van der Waals surface area contributed by atoms with Gasteiger partial charge in [0.1, 0.15) is 30.4 Å². The zero-order valence-corrected chi connectivity index (χ0v) is 15.7. The van der Waals surface area contributed by atoms with E-state index in [1.807, 2.05) is 0 Å². The fourth-order valence-electron chi connectivity index (χ4n) is 3.80. The zero-order chi connectivity index (χ0) is 20.4. The summed E-state index contributed by atoms with van der Waals surface area (Å²) in [6.07, 6.45) is 3.16. The number of aromatic nitrogens is 2. The Balaban J connectivity index is 1.48. The summed E-state index contributed by atoms with van der Waals surface area (Å²) in [5.74, 6) is -0.968. The van der Waals surface area contributed by atoms with E-state index in [1.54, 1.807) is 21.9 Å². The summed E-state index contributed by atoms with van der Waals surface area (Å²) in [5.41, 5.74) is 0.916. The first-order valence-corrected chi connectivity index (χ1v) is 9.41. The number of hydrogen-bond donors (Lipinski definition) is 0. The van der Waals surface area contributed by atoms with Crippen LogP contribution in [0.2, 0.25) is 0 Å². The molecule has 2 aliphatic heterocycles. The van der Waals surface area contributed by atoms with Crippen LogP contribution in [0.3, 0.4) is 0 Å². The normalized spacial score (nSPS) is 19.8. The summed E-state index contributed by atoms with van der Waals surface area (Å²) in [6.45, 7) is 1.10. The Morgan fingerprint density at radius 2 is 2.03 bits per heavy atom. The molecule has 1 aromatic carbocycles. The van der Waals surface area contributed by atoms with Crippen molar-refractivity contribution in [3.63, 3.8) is 0 Å². The highest BCUT2D eigenvalue weighted by Gasteiger charge is 2.41. The molecular formula is C20H20FN5O3. The summed E-state index contributed by atoms with van der Waals surface area (Å²) < 4.78 is 13.5. The molecule has 2 saturated heterocycles. The van der Waals surface area contributed by atoms with Crippen molar-refractivity contribution in [2.24, 2.45) is 0 Å². The number of hydrogen-bond acceptors (Lipinski definition) is 5. The molecular weight excluding hydrogens is 377 g/mol. The topological polar surface area (TPSA) is 86.7 Å². The molecule has 0 spiro atoms. The smallest absolute Gasteiger partial charge is 0.272 e. The number of amides is 3. The van der Waals surface area contributed by atoms with Crippen molar-refractivity contribution >= 4 is 17.7 Å². The van der Waals surface area contributed by atoms with E-state index in [0.29, 0.717) is 31.6 Å². The van der Waals surface area contributed by atoms with Crippen LogP contribution in [0.1, 0.15) is 22.5 Å². The second-order valence-electron chi connectivity index (χ2n) is 7.10. The average Bonchev–Trinajstić information content (AvgIpc) is 2.96. The van der Waals surface area contributed by atoms with Gasteiger partial charge in [-0.25, -0.2) is 14.4 Å². The van der Waals surface area contributed by atoms with Gasteiger partial charge in [0.2, 0.25) is 11.8 Å². The number of rotatable bonds is 3. The summed E-state index contributed by atoms with van der Waals surface area (Å²) in [4.78, 5) is 50.8. The first kappa shape index (κ1) is 19.0. The molecule has 0 bridgehead atoms. The van der Waals surface area contributed by atoms with E-state index in [1.165, 1.54) is 35.6 Å². The number of benzene rings is 1. The first-order chi connectivity index (χ1) is 14.0. The van der Waals surface area contributed by atoms with Crippen molar-refractivity contribution in [1.29, 1.82) is 0 Å². The summed E-state index contributed by atoms with van der Waals surface area (Å²) in [6, 6.07) is 6.92. The third-order valence-corrected chi connectivity index (χ3v) is 5.25. The van der Waals surface area contributed by atoms with Crippen molar-refractivity contribution in [2.45, 2.75) is 19.0 Å². The van der Waals surface area contributed by atoms with Crippen molar-refractivity contribution < 1.29 is 18.8 Å². The van der Waals surface area contributed by atoms with Crippen molar-refractivity contribution in [3.8, 4) is 0 Å². The molecule has 3 amide bonds. The van der Waals surface area contributed by atoms with Gasteiger partial charge in [-0.3, -0.25) is 14.4 Å². The third-order valence-electron chi connectivity index (χ3n) is 5.25. The van der Waals surface area contributed by atoms with E-state index in [9.17, 15) is 18.8 Å². The molecule has 1 atom stereocenters. The minimum atomic E-state index is -0.618. The Morgan fingerprint density at radius 3 is 2.79 bits per heavy atom. The van der Waals surface area contributed by atoms with Gasteiger partial charge in [0.15, 0.2) is 0 Å². The van der Waals surface area contributed by atoms with Crippen LogP contribution in [0.5, 0.6) is 0 Å². The Kier molecular flexibility index (Phi) is 5.20. The number of halogens is 1. The molecule has 9 heteroatoms. The number of carbonyl (C=O) groups excluding carboxylic acids is 3. The molecule has 0 aliphatic carbocycles. The number of carbonyl (C=O) groups is 3. The monoisotopic (exact) mass is 397 g/mol. The maximum Gasteiger partial charge on any atom is 0.272 e. The molecule has 0 radical (unpaired) electrons. The highest BCUT2D eigenvalue weighted by molar-refractivity contribution is 5.95. The van der Waals surface area contributed by atoms with E-state index in [-0.39, 0.29) is 42.3 Å². The van der Waals surface area contributed by atoms with Gasteiger partial charge in [-0.1, -0.05) is 12.1 Å². The summed E-state index contributed by atoms with van der Waals surface area (Å²) in [5, 5.41) is 0. The lowest BCUT2D eigenvalue weighted by atomic mass is 10.1. The molecule has 1 unspecified atom stereocenters. The Bertz CT molecular complexity index is 939. The molecule has 4 rings (SSSR count). The highest BCUT2D eigenvalue weighted by Crippen LogP contribution is 2.21. The predicted octanol–water partition coefficient (Wildman–Crippen LogP) is 0.701. The molecule has 0 N–H and O–H groups in total. The van der Waals surface area contributed by atoms with Gasteiger partial charge in [0.25, 0.3) is 5.91 Å². The molecule has 1 aromatic heterocycles. The van der Waals surface area contributed by atoms with Gasteiger partial charge >= 0.3 is 0 Å². The maximum absolute atomic E-state index is 13.5. The summed E-state index contributed by atoms with van der Waals surface area (Å²) >= 11 is 0. The lowest BCUT2D eigenvalue weighted by molar-refractivity contribution is -0.156. The molecule has 3 heterocycles. The van der Waals surface area contributed by atoms with E-state index in [4.69, 9.17) is 0 Å². The largest absolute Gasteiger partial charge is 0.335 e. The Morgan fingerprint density at radius 1 is 1.17 bits per heavy atom. The minimum Gasteiger partial charge on any atom is -0.335 e. The van der Waals surface area contributed by atoms with Gasteiger partial charge in [0.05, 0.1) is 0 Å². The fraction of sp³-hybridized carbons (Fsp3) is 0.350. The first-order valence-electron chi connectivity index (χ1n) is 9.41. The number of nitrogens with zero attached hydrogens (tertiary/aromatic N) is 5. The lowest BCUT2D eigenvalue weighted by Crippen LogP contribution is -2.59. The van der Waals surface area contributed by atoms with Crippen LogP contribution in [0.4, 0.5) is 4.39 Å². The fourth-order valence-corrected chi connectivity index (χ4v) is 3.80. The van der Waals surface area contributed by atoms with Crippen LogP contribution >= 0.6 is 0 Å². The van der Waals surface area contributed by atoms with Gasteiger partial charge in [-0.2, -0.15) is 0 Å². The van der Waals surface area contributed by atoms with Crippen LogP contribution in [-0.4, -0.2) is 74.6 Å². The average molecular weight is 397 g/mol. The zero-order valence-electron chi connectivity index (χ0n) is 15.7. The van der Waals surface area contributed by atoms with E-state index < -0.39 is 6.04 Å². The van der Waals surface area contributed by atoms with Gasteiger partial charge < -0.3 is 14.7 Å². The van der Waals surface area contributed by atoms with Crippen LogP contribution < -0.4 is 0 Å². The second-order valence-corrected chi connectivity index (χ2v) is 7.10. The van der Waals surface area contributed by atoms with Crippen molar-refractivity contribution in [3.05, 3.63) is 59.9 Å². The molecule has 2 aliphatic rings.